The number of rotatable bonds is 7. The van der Waals surface area contributed by atoms with Gasteiger partial charge in [0.05, 0.1) is 25.2 Å². The molecule has 18 heavy (non-hydrogen) atoms. The fourth-order valence-corrected chi connectivity index (χ4v) is 1.66. The Morgan fingerprint density at radius 2 is 1.56 bits per heavy atom. The molecule has 0 fully saturated rings. The van der Waals surface area contributed by atoms with E-state index in [4.69, 9.17) is 15.3 Å². The van der Waals surface area contributed by atoms with Crippen LogP contribution in [0, 0.1) is 5.41 Å². The highest BCUT2D eigenvalue weighted by Crippen LogP contribution is 2.14. The first kappa shape index (κ1) is 21.1. The molecule has 0 aliphatic carbocycles. The van der Waals surface area contributed by atoms with E-state index in [1.807, 2.05) is 0 Å². The Hall–Kier alpha value is 0.790. The standard InChI is InChI=1S/C7H14O5.C3H5Br3/c1-6(11)12-5-7(2-8,3-9)4-10;4-1-3(6)2-5/h8-10H,2-5H2,1H3;3H,1-2H2. The highest BCUT2D eigenvalue weighted by Gasteiger charge is 2.29. The highest BCUT2D eigenvalue weighted by molar-refractivity contribution is 9.13. The maximum atomic E-state index is 10.4. The molecule has 0 amide bonds. The van der Waals surface area contributed by atoms with Gasteiger partial charge in [-0.2, -0.15) is 0 Å². The molecule has 8 heteroatoms. The minimum absolute atomic E-state index is 0.175. The van der Waals surface area contributed by atoms with Gasteiger partial charge in [-0.15, -0.1) is 0 Å². The Bertz CT molecular complexity index is 199. The minimum Gasteiger partial charge on any atom is -0.465 e. The van der Waals surface area contributed by atoms with E-state index in [2.05, 4.69) is 52.5 Å². The van der Waals surface area contributed by atoms with E-state index >= 15 is 0 Å². The van der Waals surface area contributed by atoms with Crippen molar-refractivity contribution in [3.05, 3.63) is 0 Å². The van der Waals surface area contributed by atoms with E-state index in [-0.39, 0.29) is 6.61 Å². The van der Waals surface area contributed by atoms with E-state index in [1.165, 1.54) is 6.92 Å². The molecule has 0 heterocycles. The summed E-state index contributed by atoms with van der Waals surface area (Å²) in [6, 6.07) is 0. The average Bonchev–Trinajstić information content (AvgIpc) is 2.40. The lowest BCUT2D eigenvalue weighted by Gasteiger charge is -2.25. The fourth-order valence-electron chi connectivity index (χ4n) is 0.583. The number of hydrogen-bond donors (Lipinski definition) is 3. The molecule has 0 aromatic carbocycles. The molecule has 0 rings (SSSR count). The molecule has 3 N–H and O–H groups in total. The Kier molecular flexibility index (Phi) is 15.0. The van der Waals surface area contributed by atoms with E-state index in [9.17, 15) is 4.79 Å². The van der Waals surface area contributed by atoms with Crippen molar-refractivity contribution in [1.82, 2.24) is 0 Å². The maximum Gasteiger partial charge on any atom is 0.302 e. The number of esters is 1. The first-order valence-electron chi connectivity index (χ1n) is 5.13. The lowest BCUT2D eigenvalue weighted by Crippen LogP contribution is -2.39. The van der Waals surface area contributed by atoms with Crippen LogP contribution in [0.5, 0.6) is 0 Å². The molecule has 0 unspecified atom stereocenters. The molecule has 0 aromatic heterocycles. The van der Waals surface area contributed by atoms with Gasteiger partial charge in [0.2, 0.25) is 0 Å². The number of ether oxygens (including phenoxy) is 1. The molecule has 110 valence electrons. The Morgan fingerprint density at radius 3 is 1.72 bits per heavy atom. The van der Waals surface area contributed by atoms with Gasteiger partial charge in [-0.3, -0.25) is 4.79 Å². The largest absolute Gasteiger partial charge is 0.465 e. The molecule has 5 nitrogen and oxygen atoms in total. The van der Waals surface area contributed by atoms with Crippen molar-refractivity contribution in [2.45, 2.75) is 11.8 Å². The smallest absolute Gasteiger partial charge is 0.302 e. The van der Waals surface area contributed by atoms with Gasteiger partial charge >= 0.3 is 5.97 Å². The topological polar surface area (TPSA) is 87.0 Å². The number of carbonyl (C=O) groups is 1. The third-order valence-electron chi connectivity index (χ3n) is 1.92. The van der Waals surface area contributed by atoms with Crippen molar-refractivity contribution < 1.29 is 24.9 Å². The van der Waals surface area contributed by atoms with Crippen LogP contribution in [0.2, 0.25) is 0 Å². The average molecular weight is 459 g/mol. The number of alkyl halides is 3. The quantitative estimate of drug-likeness (QED) is 0.392. The summed E-state index contributed by atoms with van der Waals surface area (Å²) in [5.41, 5.74) is -1.12. The van der Waals surface area contributed by atoms with Crippen molar-refractivity contribution in [2.75, 3.05) is 37.1 Å². The summed E-state index contributed by atoms with van der Waals surface area (Å²) in [5, 5.41) is 28.4. The first-order valence-corrected chi connectivity index (χ1v) is 8.29. The second kappa shape index (κ2) is 12.8. The van der Waals surface area contributed by atoms with Crippen LogP contribution < -0.4 is 0 Å². The zero-order valence-electron chi connectivity index (χ0n) is 10.1. The molecule has 0 saturated carbocycles. The Balaban J connectivity index is 0. The van der Waals surface area contributed by atoms with Crippen molar-refractivity contribution >= 4 is 53.8 Å². The maximum absolute atomic E-state index is 10.4. The van der Waals surface area contributed by atoms with Crippen molar-refractivity contribution in [1.29, 1.82) is 0 Å². The van der Waals surface area contributed by atoms with Gasteiger partial charge in [-0.1, -0.05) is 47.8 Å². The molecule has 0 spiro atoms. The molecular formula is C10H19Br3O5. The van der Waals surface area contributed by atoms with E-state index in [0.717, 1.165) is 10.7 Å². The van der Waals surface area contributed by atoms with Crippen molar-refractivity contribution in [3.8, 4) is 0 Å². The first-order chi connectivity index (χ1) is 8.41. The van der Waals surface area contributed by atoms with Crippen molar-refractivity contribution in [3.63, 3.8) is 0 Å². The minimum atomic E-state index is -1.12. The summed E-state index contributed by atoms with van der Waals surface area (Å²) in [4.78, 5) is 11.0. The fraction of sp³-hybridized carbons (Fsp3) is 0.900. The predicted octanol–water partition coefficient (Wildman–Crippen LogP) is 1.05. The van der Waals surface area contributed by atoms with Crippen LogP contribution in [0.1, 0.15) is 6.92 Å². The van der Waals surface area contributed by atoms with Crippen LogP contribution in [0.4, 0.5) is 0 Å². The summed E-state index contributed by atoms with van der Waals surface area (Å²) in [5.74, 6) is -0.505. The molecule has 0 aliphatic rings. The summed E-state index contributed by atoms with van der Waals surface area (Å²) >= 11 is 9.98. The lowest BCUT2D eigenvalue weighted by molar-refractivity contribution is -0.148. The number of aliphatic hydroxyl groups is 3. The molecule has 0 aromatic rings. The van der Waals surface area contributed by atoms with Crippen LogP contribution in [0.3, 0.4) is 0 Å². The van der Waals surface area contributed by atoms with Gasteiger partial charge in [-0.05, 0) is 0 Å². The van der Waals surface area contributed by atoms with Crippen molar-refractivity contribution in [2.24, 2.45) is 5.41 Å². The van der Waals surface area contributed by atoms with Gasteiger partial charge in [0.25, 0.3) is 0 Å². The third kappa shape index (κ3) is 10.7. The Morgan fingerprint density at radius 1 is 1.17 bits per heavy atom. The Labute approximate surface area is 132 Å². The van der Waals surface area contributed by atoms with Gasteiger partial charge < -0.3 is 20.1 Å². The zero-order chi connectivity index (χ0) is 14.6. The third-order valence-corrected chi connectivity index (χ3v) is 5.87. The number of aliphatic hydroxyl groups excluding tert-OH is 3. The SMILES string of the molecule is BrCC(Br)CBr.CC(=O)OCC(CO)(CO)CO. The zero-order valence-corrected chi connectivity index (χ0v) is 14.9. The predicted molar refractivity (Wildman–Crippen MR) is 80.6 cm³/mol. The van der Waals surface area contributed by atoms with Gasteiger partial charge in [0, 0.05) is 22.4 Å². The summed E-state index contributed by atoms with van der Waals surface area (Å²) in [6.07, 6.45) is 0. The van der Waals surface area contributed by atoms with Crippen LogP contribution in [0.25, 0.3) is 0 Å². The number of hydrogen-bond acceptors (Lipinski definition) is 5. The number of halogens is 3. The van der Waals surface area contributed by atoms with Gasteiger partial charge in [0.1, 0.15) is 6.61 Å². The summed E-state index contributed by atoms with van der Waals surface area (Å²) < 4.78 is 4.56. The molecule has 0 saturated heterocycles. The summed E-state index contributed by atoms with van der Waals surface area (Å²) in [7, 11) is 0. The van der Waals surface area contributed by atoms with Crippen LogP contribution in [-0.4, -0.2) is 63.2 Å². The van der Waals surface area contributed by atoms with Gasteiger partial charge in [-0.25, -0.2) is 0 Å². The highest BCUT2D eigenvalue weighted by atomic mass is 79.9. The monoisotopic (exact) mass is 456 g/mol. The van der Waals surface area contributed by atoms with E-state index in [1.54, 1.807) is 0 Å². The second-order valence-electron chi connectivity index (χ2n) is 3.66. The summed E-state index contributed by atoms with van der Waals surface area (Å²) in [6.45, 7) is -0.226. The molecule has 0 atom stereocenters. The van der Waals surface area contributed by atoms with Crippen LogP contribution in [-0.2, 0) is 9.53 Å². The van der Waals surface area contributed by atoms with Crippen LogP contribution in [0.15, 0.2) is 0 Å². The normalized spacial score (nSPS) is 10.9. The molecule has 0 radical (unpaired) electrons. The molecular weight excluding hydrogens is 440 g/mol. The number of carbonyl (C=O) groups excluding carboxylic acids is 1. The van der Waals surface area contributed by atoms with Gasteiger partial charge in [0.15, 0.2) is 0 Å². The van der Waals surface area contributed by atoms with Crippen LogP contribution >= 0.6 is 47.8 Å². The molecule has 0 bridgehead atoms. The molecule has 0 aliphatic heterocycles. The second-order valence-corrected chi connectivity index (χ2v) is 6.25. The van der Waals surface area contributed by atoms with E-state index < -0.39 is 31.2 Å². The van der Waals surface area contributed by atoms with E-state index in [0.29, 0.717) is 4.83 Å². The lowest BCUT2D eigenvalue weighted by atomic mass is 9.93.